The summed E-state index contributed by atoms with van der Waals surface area (Å²) >= 11 is 0. The normalized spacial score (nSPS) is 33.4. The van der Waals surface area contributed by atoms with Crippen LogP contribution in [-0.4, -0.2) is 46.5 Å². The maximum absolute atomic E-state index is 12.4. The summed E-state index contributed by atoms with van der Waals surface area (Å²) in [5, 5.41) is 0. The highest BCUT2D eigenvalue weighted by molar-refractivity contribution is 6.17. The molecular formula is C16H22N2O4. The molecule has 0 N–H and O–H groups in total. The number of hydrogen-bond donors (Lipinski definition) is 0. The van der Waals surface area contributed by atoms with Gasteiger partial charge in [-0.1, -0.05) is 26.7 Å². The van der Waals surface area contributed by atoms with Crippen LogP contribution >= 0.6 is 0 Å². The maximum atomic E-state index is 12.4. The van der Waals surface area contributed by atoms with Gasteiger partial charge >= 0.3 is 0 Å². The number of unbranched alkanes of at least 4 members (excludes halogenated alkanes) is 2. The molecule has 2 saturated heterocycles. The van der Waals surface area contributed by atoms with E-state index in [1.165, 1.54) is 9.80 Å². The summed E-state index contributed by atoms with van der Waals surface area (Å²) in [4.78, 5) is 52.2. The predicted octanol–water partition coefficient (Wildman–Crippen LogP) is 0.803. The van der Waals surface area contributed by atoms with Crippen LogP contribution in [0.2, 0.25) is 0 Å². The highest BCUT2D eigenvalue weighted by Crippen LogP contribution is 2.56. The van der Waals surface area contributed by atoms with Gasteiger partial charge in [0.15, 0.2) is 0 Å². The molecule has 3 aliphatic rings. The summed E-state index contributed by atoms with van der Waals surface area (Å²) in [7, 11) is 0. The third-order valence-electron chi connectivity index (χ3n) is 5.22. The van der Waals surface area contributed by atoms with Crippen molar-refractivity contribution >= 4 is 23.6 Å². The van der Waals surface area contributed by atoms with Crippen molar-refractivity contribution in [1.82, 2.24) is 9.80 Å². The van der Waals surface area contributed by atoms with Crippen molar-refractivity contribution in [3.63, 3.8) is 0 Å². The van der Waals surface area contributed by atoms with Crippen LogP contribution in [0, 0.1) is 23.7 Å². The van der Waals surface area contributed by atoms with Crippen LogP contribution < -0.4 is 0 Å². The molecule has 1 aliphatic carbocycles. The fourth-order valence-corrected chi connectivity index (χ4v) is 3.99. The lowest BCUT2D eigenvalue weighted by Crippen LogP contribution is -2.50. The van der Waals surface area contributed by atoms with Crippen LogP contribution in [0.1, 0.15) is 39.5 Å². The quantitative estimate of drug-likeness (QED) is 0.680. The Morgan fingerprint density at radius 2 is 0.909 bits per heavy atom. The molecule has 0 atom stereocenters. The number of nitrogens with zero attached hydrogens (tertiary/aromatic N) is 2. The second-order valence-corrected chi connectivity index (χ2v) is 6.47. The van der Waals surface area contributed by atoms with Gasteiger partial charge in [0.2, 0.25) is 23.6 Å². The second-order valence-electron chi connectivity index (χ2n) is 6.47. The Labute approximate surface area is 129 Å². The molecule has 2 aliphatic heterocycles. The van der Waals surface area contributed by atoms with E-state index in [1.54, 1.807) is 0 Å². The van der Waals surface area contributed by atoms with E-state index >= 15 is 0 Å². The topological polar surface area (TPSA) is 74.8 Å². The number of carbonyl (C=O) groups is 4. The van der Waals surface area contributed by atoms with Crippen molar-refractivity contribution < 1.29 is 19.2 Å². The van der Waals surface area contributed by atoms with E-state index in [1.807, 2.05) is 13.8 Å². The molecule has 0 spiro atoms. The Hall–Kier alpha value is -1.72. The van der Waals surface area contributed by atoms with Crippen molar-refractivity contribution in [3.05, 3.63) is 0 Å². The summed E-state index contributed by atoms with van der Waals surface area (Å²) < 4.78 is 0. The smallest absolute Gasteiger partial charge is 0.233 e. The van der Waals surface area contributed by atoms with Gasteiger partial charge in [-0.15, -0.1) is 0 Å². The van der Waals surface area contributed by atoms with Gasteiger partial charge in [-0.25, -0.2) is 0 Å². The van der Waals surface area contributed by atoms with Crippen molar-refractivity contribution in [2.75, 3.05) is 13.1 Å². The van der Waals surface area contributed by atoms with E-state index in [-0.39, 0.29) is 23.6 Å². The zero-order valence-electron chi connectivity index (χ0n) is 13.1. The summed E-state index contributed by atoms with van der Waals surface area (Å²) in [6.45, 7) is 4.80. The molecule has 6 heteroatoms. The van der Waals surface area contributed by atoms with Crippen LogP contribution in [0.15, 0.2) is 0 Å². The van der Waals surface area contributed by atoms with Gasteiger partial charge in [0.1, 0.15) is 0 Å². The van der Waals surface area contributed by atoms with Gasteiger partial charge in [-0.3, -0.25) is 29.0 Å². The predicted molar refractivity (Wildman–Crippen MR) is 77.2 cm³/mol. The van der Waals surface area contributed by atoms with E-state index < -0.39 is 23.7 Å². The number of carbonyl (C=O) groups excluding carboxylic acids is 4. The molecule has 0 unspecified atom stereocenters. The first-order valence-electron chi connectivity index (χ1n) is 8.25. The van der Waals surface area contributed by atoms with Gasteiger partial charge in [0.05, 0.1) is 23.7 Å². The fourth-order valence-electron chi connectivity index (χ4n) is 3.99. The zero-order chi connectivity index (χ0) is 16.0. The van der Waals surface area contributed by atoms with E-state index in [4.69, 9.17) is 0 Å². The largest absolute Gasteiger partial charge is 0.282 e. The third kappa shape index (κ3) is 1.85. The highest BCUT2D eigenvalue weighted by atomic mass is 16.2. The second kappa shape index (κ2) is 5.48. The summed E-state index contributed by atoms with van der Waals surface area (Å²) in [5.41, 5.74) is 0. The fraction of sp³-hybridized carbons (Fsp3) is 0.750. The number of rotatable bonds is 6. The van der Waals surface area contributed by atoms with Gasteiger partial charge in [0.25, 0.3) is 0 Å². The molecule has 1 saturated carbocycles. The number of imide groups is 2. The first kappa shape index (κ1) is 15.2. The molecule has 2 heterocycles. The van der Waals surface area contributed by atoms with Crippen LogP contribution in [0.5, 0.6) is 0 Å². The molecule has 22 heavy (non-hydrogen) atoms. The van der Waals surface area contributed by atoms with E-state index in [9.17, 15) is 19.2 Å². The SMILES string of the molecule is CCCCN1C(=O)C2C(C1=O)C1C(=O)N(CCCC)C(=O)C21. The molecule has 0 aromatic rings. The molecule has 6 nitrogen and oxygen atoms in total. The van der Waals surface area contributed by atoms with Crippen LogP contribution in [0.25, 0.3) is 0 Å². The summed E-state index contributed by atoms with van der Waals surface area (Å²) in [6.07, 6.45) is 3.30. The van der Waals surface area contributed by atoms with Gasteiger partial charge in [-0.05, 0) is 12.8 Å². The maximum Gasteiger partial charge on any atom is 0.233 e. The van der Waals surface area contributed by atoms with Gasteiger partial charge in [0, 0.05) is 13.1 Å². The number of likely N-dealkylation sites (tertiary alicyclic amines) is 2. The van der Waals surface area contributed by atoms with Crippen molar-refractivity contribution in [3.8, 4) is 0 Å². The molecule has 0 aromatic carbocycles. The van der Waals surface area contributed by atoms with E-state index in [0.29, 0.717) is 13.1 Å². The molecule has 4 amide bonds. The minimum Gasteiger partial charge on any atom is -0.282 e. The molecule has 0 aromatic heterocycles. The lowest BCUT2D eigenvalue weighted by atomic mass is 9.59. The molecule has 3 fully saturated rings. The average Bonchev–Trinajstić information content (AvgIpc) is 2.76. The lowest BCUT2D eigenvalue weighted by molar-refractivity contribution is -0.146. The highest BCUT2D eigenvalue weighted by Gasteiger charge is 2.72. The molecule has 0 radical (unpaired) electrons. The monoisotopic (exact) mass is 306 g/mol. The lowest BCUT2D eigenvalue weighted by Gasteiger charge is -2.36. The number of hydrogen-bond acceptors (Lipinski definition) is 4. The first-order chi connectivity index (χ1) is 10.5. The molecular weight excluding hydrogens is 284 g/mol. The average molecular weight is 306 g/mol. The van der Waals surface area contributed by atoms with Gasteiger partial charge in [-0.2, -0.15) is 0 Å². The third-order valence-corrected chi connectivity index (χ3v) is 5.22. The molecule has 120 valence electrons. The zero-order valence-corrected chi connectivity index (χ0v) is 13.1. The van der Waals surface area contributed by atoms with Crippen LogP contribution in [0.4, 0.5) is 0 Å². The van der Waals surface area contributed by atoms with Crippen molar-refractivity contribution in [2.45, 2.75) is 39.5 Å². The van der Waals surface area contributed by atoms with Crippen molar-refractivity contribution in [1.29, 1.82) is 0 Å². The van der Waals surface area contributed by atoms with E-state index in [2.05, 4.69) is 0 Å². The molecule has 3 rings (SSSR count). The number of fused-ring (bicyclic) bond motifs is 4. The van der Waals surface area contributed by atoms with Crippen LogP contribution in [-0.2, 0) is 19.2 Å². The number of amides is 4. The minimum absolute atomic E-state index is 0.247. The minimum atomic E-state index is -0.586. The van der Waals surface area contributed by atoms with Gasteiger partial charge < -0.3 is 0 Å². The standard InChI is InChI=1S/C16H22N2O4/c1-3-5-7-17-13(19)9-10(14(17)20)12-11(9)15(21)18(16(12)22)8-6-4-2/h9-12H,3-8H2,1-2H3. The van der Waals surface area contributed by atoms with Crippen molar-refractivity contribution in [2.24, 2.45) is 23.7 Å². The first-order valence-corrected chi connectivity index (χ1v) is 8.25. The molecule has 0 bridgehead atoms. The van der Waals surface area contributed by atoms with E-state index in [0.717, 1.165) is 25.7 Å². The summed E-state index contributed by atoms with van der Waals surface area (Å²) in [6, 6.07) is 0. The Bertz CT molecular complexity index is 448. The summed E-state index contributed by atoms with van der Waals surface area (Å²) in [5.74, 6) is -3.33. The Balaban J connectivity index is 1.79. The Morgan fingerprint density at radius 3 is 1.14 bits per heavy atom. The Kier molecular flexibility index (Phi) is 3.78. The van der Waals surface area contributed by atoms with Crippen LogP contribution in [0.3, 0.4) is 0 Å². The Morgan fingerprint density at radius 1 is 0.636 bits per heavy atom.